The van der Waals surface area contributed by atoms with Gasteiger partial charge in [0.15, 0.2) is 0 Å². The van der Waals surface area contributed by atoms with Crippen LogP contribution in [0.2, 0.25) is 0 Å². The van der Waals surface area contributed by atoms with Gasteiger partial charge in [-0.3, -0.25) is 4.68 Å². The molecule has 0 saturated heterocycles. The van der Waals surface area contributed by atoms with Crippen molar-refractivity contribution in [1.29, 1.82) is 0 Å². The van der Waals surface area contributed by atoms with Crippen molar-refractivity contribution in [2.75, 3.05) is 6.54 Å². The molecule has 3 nitrogen and oxygen atoms in total. The van der Waals surface area contributed by atoms with E-state index in [1.54, 1.807) is 17.9 Å². The number of halogens is 2. The van der Waals surface area contributed by atoms with Crippen molar-refractivity contribution in [2.45, 2.75) is 10.1 Å². The fourth-order valence-corrected chi connectivity index (χ4v) is 2.56. The molecule has 0 saturated carbocycles. The van der Waals surface area contributed by atoms with E-state index in [-0.39, 0.29) is 5.25 Å². The van der Waals surface area contributed by atoms with Gasteiger partial charge < -0.3 is 5.73 Å². The lowest BCUT2D eigenvalue weighted by atomic mass is 10.2. The van der Waals surface area contributed by atoms with Gasteiger partial charge in [0, 0.05) is 41.6 Å². The largest absolute Gasteiger partial charge is 0.329 e. The molecule has 0 aliphatic carbocycles. The van der Waals surface area contributed by atoms with Gasteiger partial charge in [-0.2, -0.15) is 5.10 Å². The average molecular weight is 269 g/mol. The van der Waals surface area contributed by atoms with Gasteiger partial charge in [0.05, 0.1) is 6.20 Å². The molecule has 0 bridgehead atoms. The van der Waals surface area contributed by atoms with Crippen LogP contribution in [0, 0.1) is 11.6 Å². The fourth-order valence-electron chi connectivity index (χ4n) is 1.58. The van der Waals surface area contributed by atoms with Gasteiger partial charge in [0.2, 0.25) is 0 Å². The van der Waals surface area contributed by atoms with Crippen molar-refractivity contribution < 1.29 is 8.78 Å². The molecule has 1 unspecified atom stereocenters. The van der Waals surface area contributed by atoms with Crippen LogP contribution in [0.1, 0.15) is 10.8 Å². The molecule has 1 heterocycles. The summed E-state index contributed by atoms with van der Waals surface area (Å²) in [5, 5.41) is 3.96. The van der Waals surface area contributed by atoms with Gasteiger partial charge in [-0.1, -0.05) is 0 Å². The second kappa shape index (κ2) is 5.49. The van der Waals surface area contributed by atoms with Crippen molar-refractivity contribution >= 4 is 11.8 Å². The number of aromatic nitrogens is 2. The summed E-state index contributed by atoms with van der Waals surface area (Å²) in [6.45, 7) is 0.354. The standard InChI is InChI=1S/C12H13F2N3S/c1-17-7-8(6-16-17)12(5-15)18-11-3-2-9(13)4-10(11)14/h2-4,6-7,12H,5,15H2,1H3. The number of nitrogens with two attached hydrogens (primary N) is 1. The SMILES string of the molecule is Cn1cc(C(CN)Sc2ccc(F)cc2F)cn1. The van der Waals surface area contributed by atoms with Crippen LogP contribution in [0.25, 0.3) is 0 Å². The van der Waals surface area contributed by atoms with E-state index in [4.69, 9.17) is 5.73 Å². The third-order valence-corrected chi connectivity index (χ3v) is 3.81. The first kappa shape index (κ1) is 13.0. The molecule has 0 spiro atoms. The predicted octanol–water partition coefficient (Wildman–Crippen LogP) is 2.49. The molecule has 2 rings (SSSR count). The number of thioether (sulfide) groups is 1. The van der Waals surface area contributed by atoms with Crippen molar-refractivity contribution in [3.63, 3.8) is 0 Å². The first-order valence-corrected chi connectivity index (χ1v) is 6.28. The molecule has 2 N–H and O–H groups in total. The summed E-state index contributed by atoms with van der Waals surface area (Å²) in [5.74, 6) is -1.15. The zero-order chi connectivity index (χ0) is 13.1. The Morgan fingerprint density at radius 2 is 2.22 bits per heavy atom. The Balaban J connectivity index is 2.20. The lowest BCUT2D eigenvalue weighted by Crippen LogP contribution is -2.09. The molecule has 2 aromatic rings. The molecule has 1 atom stereocenters. The minimum Gasteiger partial charge on any atom is -0.329 e. The van der Waals surface area contributed by atoms with E-state index in [0.717, 1.165) is 11.6 Å². The smallest absolute Gasteiger partial charge is 0.139 e. The number of benzene rings is 1. The molecule has 96 valence electrons. The third-order valence-electron chi connectivity index (χ3n) is 2.47. The number of aryl methyl sites for hydroxylation is 1. The van der Waals surface area contributed by atoms with Crippen LogP contribution in [0.15, 0.2) is 35.5 Å². The topological polar surface area (TPSA) is 43.8 Å². The van der Waals surface area contributed by atoms with Crippen molar-refractivity contribution in [3.8, 4) is 0 Å². The maximum atomic E-state index is 13.5. The Hall–Kier alpha value is -1.40. The fraction of sp³-hybridized carbons (Fsp3) is 0.250. The van der Waals surface area contributed by atoms with E-state index in [9.17, 15) is 8.78 Å². The number of nitrogens with zero attached hydrogens (tertiary/aromatic N) is 2. The van der Waals surface area contributed by atoms with Gasteiger partial charge in [0.1, 0.15) is 11.6 Å². The van der Waals surface area contributed by atoms with Crippen LogP contribution in [-0.2, 0) is 7.05 Å². The Labute approximate surface area is 108 Å². The van der Waals surface area contributed by atoms with Crippen molar-refractivity contribution in [3.05, 3.63) is 47.8 Å². The molecule has 6 heteroatoms. The summed E-state index contributed by atoms with van der Waals surface area (Å²) >= 11 is 1.27. The Bertz CT molecular complexity index is 542. The first-order valence-electron chi connectivity index (χ1n) is 5.40. The summed E-state index contributed by atoms with van der Waals surface area (Å²) in [6, 6.07) is 3.54. The van der Waals surface area contributed by atoms with E-state index in [2.05, 4.69) is 5.10 Å². The maximum Gasteiger partial charge on any atom is 0.139 e. The highest BCUT2D eigenvalue weighted by molar-refractivity contribution is 7.99. The second-order valence-corrected chi connectivity index (χ2v) is 5.11. The van der Waals surface area contributed by atoms with Gasteiger partial charge in [0.25, 0.3) is 0 Å². The highest BCUT2D eigenvalue weighted by Gasteiger charge is 2.15. The van der Waals surface area contributed by atoms with E-state index in [1.165, 1.54) is 23.9 Å². The monoisotopic (exact) mass is 269 g/mol. The Morgan fingerprint density at radius 1 is 1.44 bits per heavy atom. The van der Waals surface area contributed by atoms with Crippen LogP contribution < -0.4 is 5.73 Å². The molecular weight excluding hydrogens is 256 g/mol. The van der Waals surface area contributed by atoms with Crippen LogP contribution in [0.5, 0.6) is 0 Å². The second-order valence-electron chi connectivity index (χ2n) is 3.86. The molecule has 1 aromatic heterocycles. The number of rotatable bonds is 4. The van der Waals surface area contributed by atoms with Crippen LogP contribution in [0.3, 0.4) is 0 Å². The minimum atomic E-state index is -0.581. The average Bonchev–Trinajstić information content (AvgIpc) is 2.75. The van der Waals surface area contributed by atoms with E-state index in [1.807, 2.05) is 6.20 Å². The highest BCUT2D eigenvalue weighted by Crippen LogP contribution is 2.35. The van der Waals surface area contributed by atoms with Gasteiger partial charge in [-0.25, -0.2) is 8.78 Å². The van der Waals surface area contributed by atoms with Crippen LogP contribution in [0.4, 0.5) is 8.78 Å². The Morgan fingerprint density at radius 3 is 2.78 bits per heavy atom. The van der Waals surface area contributed by atoms with E-state index < -0.39 is 11.6 Å². The molecule has 18 heavy (non-hydrogen) atoms. The first-order chi connectivity index (χ1) is 8.60. The molecule has 0 aliphatic rings. The molecule has 0 radical (unpaired) electrons. The summed E-state index contributed by atoms with van der Waals surface area (Å²) in [7, 11) is 1.81. The summed E-state index contributed by atoms with van der Waals surface area (Å²) in [5.41, 5.74) is 6.61. The summed E-state index contributed by atoms with van der Waals surface area (Å²) in [4.78, 5) is 0.385. The molecule has 0 aliphatic heterocycles. The number of hydrogen-bond donors (Lipinski definition) is 1. The van der Waals surface area contributed by atoms with Gasteiger partial charge >= 0.3 is 0 Å². The van der Waals surface area contributed by atoms with Crippen LogP contribution in [-0.4, -0.2) is 16.3 Å². The zero-order valence-corrected chi connectivity index (χ0v) is 10.6. The lowest BCUT2D eigenvalue weighted by Gasteiger charge is -2.12. The van der Waals surface area contributed by atoms with Crippen molar-refractivity contribution in [1.82, 2.24) is 9.78 Å². The lowest BCUT2D eigenvalue weighted by molar-refractivity contribution is 0.565. The molecule has 1 aromatic carbocycles. The summed E-state index contributed by atoms with van der Waals surface area (Å²) in [6.07, 6.45) is 3.54. The molecule has 0 amide bonds. The number of hydrogen-bond acceptors (Lipinski definition) is 3. The minimum absolute atomic E-state index is 0.0985. The predicted molar refractivity (Wildman–Crippen MR) is 67.2 cm³/mol. The third kappa shape index (κ3) is 2.88. The van der Waals surface area contributed by atoms with Gasteiger partial charge in [-0.15, -0.1) is 11.8 Å². The quantitative estimate of drug-likeness (QED) is 0.867. The normalized spacial score (nSPS) is 12.7. The van der Waals surface area contributed by atoms with Crippen molar-refractivity contribution in [2.24, 2.45) is 12.8 Å². The van der Waals surface area contributed by atoms with E-state index >= 15 is 0 Å². The van der Waals surface area contributed by atoms with Gasteiger partial charge in [-0.05, 0) is 12.1 Å². The van der Waals surface area contributed by atoms with Crippen LogP contribution >= 0.6 is 11.8 Å². The van der Waals surface area contributed by atoms with E-state index in [0.29, 0.717) is 11.4 Å². The highest BCUT2D eigenvalue weighted by atomic mass is 32.2. The summed E-state index contributed by atoms with van der Waals surface area (Å²) < 4.78 is 28.0. The molecular formula is C12H13F2N3S. The zero-order valence-electron chi connectivity index (χ0n) is 9.81. The molecule has 0 fully saturated rings. The maximum absolute atomic E-state index is 13.5. The Kier molecular flexibility index (Phi) is 3.98.